The summed E-state index contributed by atoms with van der Waals surface area (Å²) in [6.45, 7) is 3.91. The van der Waals surface area contributed by atoms with Gasteiger partial charge in [-0.25, -0.2) is 0 Å². The minimum Gasteiger partial charge on any atom is -0.394 e. The second kappa shape index (κ2) is 25.4. The lowest BCUT2D eigenvalue weighted by Crippen LogP contribution is -2.53. The van der Waals surface area contributed by atoms with E-state index in [4.69, 9.17) is 0 Å². The van der Waals surface area contributed by atoms with Crippen molar-refractivity contribution >= 4 is 5.91 Å². The Balaban J connectivity index is 4.04. The molecular weight excluding hydrogens is 454 g/mol. The van der Waals surface area contributed by atoms with Crippen molar-refractivity contribution < 1.29 is 25.2 Å². The van der Waals surface area contributed by atoms with Gasteiger partial charge in [-0.2, -0.15) is 0 Å². The summed E-state index contributed by atoms with van der Waals surface area (Å²) >= 11 is 0. The number of rotatable bonds is 25. The molecule has 4 atom stereocenters. The zero-order chi connectivity index (χ0) is 26.9. The highest BCUT2D eigenvalue weighted by Crippen LogP contribution is 2.12. The highest BCUT2D eigenvalue weighted by molar-refractivity contribution is 5.80. The van der Waals surface area contributed by atoms with Gasteiger partial charge in [0.1, 0.15) is 12.2 Å². The lowest BCUT2D eigenvalue weighted by molar-refractivity contribution is -0.132. The molecule has 0 saturated carbocycles. The molecule has 0 radical (unpaired) electrons. The normalized spacial score (nSPS) is 15.4. The van der Waals surface area contributed by atoms with Crippen LogP contribution in [0.4, 0.5) is 0 Å². The molecule has 0 aliphatic carbocycles. The van der Waals surface area contributed by atoms with Crippen molar-refractivity contribution in [2.45, 2.75) is 154 Å². The Morgan fingerprint density at radius 3 is 1.69 bits per heavy atom. The van der Waals surface area contributed by atoms with Gasteiger partial charge in [-0.1, -0.05) is 95.9 Å². The molecule has 5 N–H and O–H groups in total. The molecule has 0 aliphatic heterocycles. The predicted molar refractivity (Wildman–Crippen MR) is 150 cm³/mol. The molecule has 212 valence electrons. The van der Waals surface area contributed by atoms with Gasteiger partial charge in [0.15, 0.2) is 0 Å². The predicted octanol–water partition coefficient (Wildman–Crippen LogP) is 5.72. The number of carbonyl (C=O) groups excluding carboxylic acids is 1. The van der Waals surface area contributed by atoms with Gasteiger partial charge >= 0.3 is 0 Å². The molecular formula is C30H57NO5. The van der Waals surface area contributed by atoms with Gasteiger partial charge in [-0.3, -0.25) is 4.79 Å². The van der Waals surface area contributed by atoms with E-state index in [1.165, 1.54) is 64.2 Å². The lowest BCUT2D eigenvalue weighted by Gasteiger charge is -2.27. The zero-order valence-corrected chi connectivity index (χ0v) is 23.3. The maximum Gasteiger partial charge on any atom is 0.249 e. The molecule has 4 unspecified atom stereocenters. The summed E-state index contributed by atoms with van der Waals surface area (Å²) in [5.41, 5.74) is 0. The van der Waals surface area contributed by atoms with E-state index in [0.29, 0.717) is 19.3 Å². The maximum atomic E-state index is 12.3. The summed E-state index contributed by atoms with van der Waals surface area (Å²) in [5.74, 6) is -0.634. The van der Waals surface area contributed by atoms with Crippen LogP contribution in [0.1, 0.15) is 129 Å². The van der Waals surface area contributed by atoms with Crippen molar-refractivity contribution in [2.75, 3.05) is 6.61 Å². The number of aliphatic hydroxyl groups is 4. The summed E-state index contributed by atoms with van der Waals surface area (Å²) < 4.78 is 0. The van der Waals surface area contributed by atoms with Crippen molar-refractivity contribution in [1.29, 1.82) is 0 Å². The SMILES string of the molecule is CCCCCC/C=C\CCC(O)C(=O)NC(CO)C(O)C(O)CCC/C=C/CCCCCCCCC. The summed E-state index contributed by atoms with van der Waals surface area (Å²) in [6, 6.07) is -1.01. The number of allylic oxidation sites excluding steroid dienone is 4. The maximum absolute atomic E-state index is 12.3. The average Bonchev–Trinajstić information content (AvgIpc) is 2.88. The molecule has 0 rings (SSSR count). The number of unbranched alkanes of at least 4 members (excludes halogenated alkanes) is 12. The first-order valence-corrected chi connectivity index (χ1v) is 14.7. The van der Waals surface area contributed by atoms with E-state index in [-0.39, 0.29) is 6.42 Å². The van der Waals surface area contributed by atoms with Crippen molar-refractivity contribution in [2.24, 2.45) is 0 Å². The van der Waals surface area contributed by atoms with Crippen molar-refractivity contribution in [3.63, 3.8) is 0 Å². The minimum absolute atomic E-state index is 0.277. The Morgan fingerprint density at radius 2 is 1.14 bits per heavy atom. The molecule has 0 heterocycles. The molecule has 36 heavy (non-hydrogen) atoms. The highest BCUT2D eigenvalue weighted by atomic mass is 16.3. The van der Waals surface area contributed by atoms with Crippen LogP contribution >= 0.6 is 0 Å². The fraction of sp³-hybridized carbons (Fsp3) is 0.833. The molecule has 0 aromatic rings. The van der Waals surface area contributed by atoms with Gasteiger partial charge in [-0.15, -0.1) is 0 Å². The van der Waals surface area contributed by atoms with Gasteiger partial charge in [-0.05, 0) is 57.8 Å². The fourth-order valence-electron chi connectivity index (χ4n) is 4.17. The van der Waals surface area contributed by atoms with Crippen LogP contribution in [0.5, 0.6) is 0 Å². The number of nitrogens with one attached hydrogen (secondary N) is 1. The third kappa shape index (κ3) is 19.9. The Labute approximate surface area is 221 Å². The second-order valence-electron chi connectivity index (χ2n) is 10.1. The van der Waals surface area contributed by atoms with Crippen LogP contribution in [0.3, 0.4) is 0 Å². The number of carbonyl (C=O) groups is 1. The van der Waals surface area contributed by atoms with Gasteiger partial charge in [0.2, 0.25) is 5.91 Å². The van der Waals surface area contributed by atoms with E-state index in [1.54, 1.807) is 0 Å². The number of amides is 1. The van der Waals surface area contributed by atoms with Crippen LogP contribution in [0, 0.1) is 0 Å². The smallest absolute Gasteiger partial charge is 0.249 e. The van der Waals surface area contributed by atoms with E-state index < -0.39 is 36.9 Å². The number of hydrogen-bond acceptors (Lipinski definition) is 5. The Morgan fingerprint density at radius 1 is 0.667 bits per heavy atom. The molecule has 1 amide bonds. The van der Waals surface area contributed by atoms with E-state index in [0.717, 1.165) is 25.7 Å². The van der Waals surface area contributed by atoms with E-state index in [9.17, 15) is 25.2 Å². The van der Waals surface area contributed by atoms with E-state index in [2.05, 4.69) is 37.4 Å². The molecule has 0 fully saturated rings. The highest BCUT2D eigenvalue weighted by Gasteiger charge is 2.28. The third-order valence-electron chi connectivity index (χ3n) is 6.64. The Bertz CT molecular complexity index is 551. The van der Waals surface area contributed by atoms with Crippen LogP contribution in [0.25, 0.3) is 0 Å². The Kier molecular flexibility index (Phi) is 24.6. The number of aliphatic hydroxyl groups excluding tert-OH is 4. The molecule has 0 aromatic carbocycles. The molecule has 0 aromatic heterocycles. The quantitative estimate of drug-likeness (QED) is 0.0795. The first-order valence-electron chi connectivity index (χ1n) is 14.7. The van der Waals surface area contributed by atoms with E-state index >= 15 is 0 Å². The zero-order valence-electron chi connectivity index (χ0n) is 23.3. The summed E-state index contributed by atoms with van der Waals surface area (Å²) in [6.07, 6.45) is 23.6. The van der Waals surface area contributed by atoms with Crippen LogP contribution in [-0.2, 0) is 4.79 Å². The van der Waals surface area contributed by atoms with Gasteiger partial charge < -0.3 is 25.7 Å². The molecule has 0 bridgehead atoms. The summed E-state index contributed by atoms with van der Waals surface area (Å²) in [4.78, 5) is 12.3. The standard InChI is InChI=1S/C30H57NO5/c1-3-5-7-9-11-13-14-15-16-18-19-21-23-27(33)29(35)26(25-32)31-30(36)28(34)24-22-20-17-12-10-8-6-4-2/h16-18,20,26-29,32-35H,3-15,19,21-25H2,1-2H3,(H,31,36)/b18-16+,20-17-. The monoisotopic (exact) mass is 511 g/mol. The van der Waals surface area contributed by atoms with Crippen LogP contribution in [0.2, 0.25) is 0 Å². The van der Waals surface area contributed by atoms with Crippen molar-refractivity contribution in [1.82, 2.24) is 5.32 Å². The first kappa shape index (κ1) is 34.8. The molecule has 6 heteroatoms. The van der Waals surface area contributed by atoms with Crippen LogP contribution in [-0.4, -0.2) is 57.3 Å². The molecule has 6 nitrogen and oxygen atoms in total. The van der Waals surface area contributed by atoms with Gasteiger partial charge in [0.05, 0.1) is 18.8 Å². The van der Waals surface area contributed by atoms with Crippen molar-refractivity contribution in [3.05, 3.63) is 24.3 Å². The fourth-order valence-corrected chi connectivity index (χ4v) is 4.17. The number of hydrogen-bond donors (Lipinski definition) is 5. The lowest BCUT2D eigenvalue weighted by atomic mass is 10.0. The van der Waals surface area contributed by atoms with Crippen molar-refractivity contribution in [3.8, 4) is 0 Å². The largest absolute Gasteiger partial charge is 0.394 e. The molecule has 0 aliphatic rings. The van der Waals surface area contributed by atoms with Gasteiger partial charge in [0.25, 0.3) is 0 Å². The molecule has 0 spiro atoms. The first-order chi connectivity index (χ1) is 17.5. The van der Waals surface area contributed by atoms with E-state index in [1.807, 2.05) is 6.08 Å². The topological polar surface area (TPSA) is 110 Å². The average molecular weight is 512 g/mol. The minimum atomic E-state index is -1.29. The summed E-state index contributed by atoms with van der Waals surface area (Å²) in [7, 11) is 0. The molecule has 0 saturated heterocycles. The Hall–Kier alpha value is -1.21. The van der Waals surface area contributed by atoms with Crippen LogP contribution in [0.15, 0.2) is 24.3 Å². The summed E-state index contributed by atoms with van der Waals surface area (Å²) in [5, 5.41) is 42.9. The van der Waals surface area contributed by atoms with Crippen LogP contribution < -0.4 is 5.32 Å². The third-order valence-corrected chi connectivity index (χ3v) is 6.64. The second-order valence-corrected chi connectivity index (χ2v) is 10.1. The van der Waals surface area contributed by atoms with Gasteiger partial charge in [0, 0.05) is 0 Å².